The van der Waals surface area contributed by atoms with E-state index in [0.29, 0.717) is 0 Å². The highest BCUT2D eigenvalue weighted by Gasteiger charge is 2.11. The van der Waals surface area contributed by atoms with Gasteiger partial charge in [0.25, 0.3) is 0 Å². The van der Waals surface area contributed by atoms with Crippen LogP contribution in [0.15, 0.2) is 0 Å². The third kappa shape index (κ3) is 3.40. The minimum absolute atomic E-state index is 0.0729. The molecule has 0 heterocycles. The zero-order chi connectivity index (χ0) is 7.98. The van der Waals surface area contributed by atoms with E-state index < -0.39 is 12.6 Å². The van der Waals surface area contributed by atoms with Crippen molar-refractivity contribution in [3.05, 3.63) is 0 Å². The molecule has 3 nitrogen and oxygen atoms in total. The summed E-state index contributed by atoms with van der Waals surface area (Å²) >= 11 is 0. The Bertz CT molecular complexity index is 104. The Balaban J connectivity index is 3.52. The molecule has 4 heteroatoms. The summed E-state index contributed by atoms with van der Waals surface area (Å²) in [6.45, 7) is -0.378. The Labute approximate surface area is 59.3 Å². The van der Waals surface area contributed by atoms with E-state index in [-0.39, 0.29) is 18.9 Å². The highest BCUT2D eigenvalue weighted by molar-refractivity contribution is 5.69. The van der Waals surface area contributed by atoms with Crippen molar-refractivity contribution in [2.24, 2.45) is 11.7 Å². The predicted octanol–water partition coefficient (Wildman–Crippen LogP) is 0.0939. The van der Waals surface area contributed by atoms with Gasteiger partial charge in [0.1, 0.15) is 0 Å². The van der Waals surface area contributed by atoms with Gasteiger partial charge in [0, 0.05) is 5.92 Å². The first-order valence-electron chi connectivity index (χ1n) is 3.07. The molecule has 0 amide bonds. The van der Waals surface area contributed by atoms with Crippen molar-refractivity contribution in [1.29, 1.82) is 0 Å². The van der Waals surface area contributed by atoms with Crippen LogP contribution in [0.2, 0.25) is 0 Å². The largest absolute Gasteiger partial charge is 0.469 e. The molecule has 0 radical (unpaired) electrons. The van der Waals surface area contributed by atoms with E-state index in [2.05, 4.69) is 4.74 Å². The van der Waals surface area contributed by atoms with Gasteiger partial charge in [-0.25, -0.2) is 0 Å². The normalized spacial score (nSPS) is 12.7. The van der Waals surface area contributed by atoms with Crippen LogP contribution in [0.4, 0.5) is 4.39 Å². The Kier molecular flexibility index (Phi) is 4.84. The maximum absolute atomic E-state index is 11.9. The molecule has 1 atom stereocenters. The van der Waals surface area contributed by atoms with E-state index in [1.54, 1.807) is 0 Å². The summed E-state index contributed by atoms with van der Waals surface area (Å²) in [7, 11) is 1.27. The number of carbonyl (C=O) groups is 1. The number of hydrogen-bond acceptors (Lipinski definition) is 3. The van der Waals surface area contributed by atoms with E-state index in [4.69, 9.17) is 5.73 Å². The molecule has 60 valence electrons. The molecule has 0 rings (SSSR count). The fourth-order valence-electron chi connectivity index (χ4n) is 0.520. The van der Waals surface area contributed by atoms with Crippen molar-refractivity contribution in [3.63, 3.8) is 0 Å². The lowest BCUT2D eigenvalue weighted by Crippen LogP contribution is -2.20. The molecule has 0 spiro atoms. The van der Waals surface area contributed by atoms with Crippen molar-refractivity contribution in [2.45, 2.75) is 6.42 Å². The Morgan fingerprint density at radius 1 is 1.80 bits per heavy atom. The summed E-state index contributed by atoms with van der Waals surface area (Å²) in [5.74, 6) is -0.791. The topological polar surface area (TPSA) is 52.3 Å². The minimum atomic E-state index is -0.564. The lowest BCUT2D eigenvalue weighted by molar-refractivity contribution is -0.141. The van der Waals surface area contributed by atoms with Crippen molar-refractivity contribution < 1.29 is 13.9 Å². The number of rotatable bonds is 4. The molecule has 0 saturated heterocycles. The maximum atomic E-state index is 11.9. The lowest BCUT2D eigenvalue weighted by Gasteiger charge is -2.06. The number of methoxy groups -OCH3 is 1. The van der Waals surface area contributed by atoms with Crippen LogP contribution in [0.3, 0.4) is 0 Å². The van der Waals surface area contributed by atoms with Crippen molar-refractivity contribution in [3.8, 4) is 0 Å². The molecule has 10 heavy (non-hydrogen) atoms. The van der Waals surface area contributed by atoms with Gasteiger partial charge in [0.2, 0.25) is 0 Å². The van der Waals surface area contributed by atoms with E-state index in [0.717, 1.165) is 0 Å². The highest BCUT2D eigenvalue weighted by Crippen LogP contribution is 2.02. The third-order valence-electron chi connectivity index (χ3n) is 1.23. The van der Waals surface area contributed by atoms with Gasteiger partial charge in [0.05, 0.1) is 20.2 Å². The Hall–Kier alpha value is -0.640. The zero-order valence-corrected chi connectivity index (χ0v) is 5.97. The second-order valence-electron chi connectivity index (χ2n) is 2.04. The fourth-order valence-corrected chi connectivity index (χ4v) is 0.520. The molecule has 0 aromatic carbocycles. The molecular weight excluding hydrogens is 137 g/mol. The summed E-state index contributed by atoms with van der Waals surface area (Å²) < 4.78 is 16.2. The van der Waals surface area contributed by atoms with Crippen LogP contribution < -0.4 is 5.73 Å². The second kappa shape index (κ2) is 5.17. The van der Waals surface area contributed by atoms with E-state index >= 15 is 0 Å². The van der Waals surface area contributed by atoms with Gasteiger partial charge in [-0.05, 0) is 6.54 Å². The van der Waals surface area contributed by atoms with E-state index in [9.17, 15) is 9.18 Å². The summed E-state index contributed by atoms with van der Waals surface area (Å²) in [6.07, 6.45) is 0.0729. The molecule has 0 aromatic heterocycles. The number of hydrogen-bond donors (Lipinski definition) is 1. The first-order valence-corrected chi connectivity index (χ1v) is 3.07. The molecule has 0 aliphatic heterocycles. The molecule has 2 N–H and O–H groups in total. The highest BCUT2D eigenvalue weighted by atomic mass is 19.1. The summed E-state index contributed by atoms with van der Waals surface area (Å²) in [6, 6.07) is 0. The SMILES string of the molecule is COC(=O)CC(CN)CF. The third-order valence-corrected chi connectivity index (χ3v) is 1.23. The van der Waals surface area contributed by atoms with Crippen molar-refractivity contribution in [1.82, 2.24) is 0 Å². The molecule has 1 unspecified atom stereocenters. The van der Waals surface area contributed by atoms with Gasteiger partial charge in [-0.2, -0.15) is 0 Å². The van der Waals surface area contributed by atoms with Crippen LogP contribution in [0.1, 0.15) is 6.42 Å². The van der Waals surface area contributed by atoms with Gasteiger partial charge in [-0.1, -0.05) is 0 Å². The summed E-state index contributed by atoms with van der Waals surface area (Å²) in [5.41, 5.74) is 5.14. The van der Waals surface area contributed by atoms with Crippen LogP contribution >= 0.6 is 0 Å². The molecular formula is C6H12FNO2. The monoisotopic (exact) mass is 149 g/mol. The quantitative estimate of drug-likeness (QED) is 0.576. The molecule has 0 aromatic rings. The Morgan fingerprint density at radius 3 is 2.70 bits per heavy atom. The first kappa shape index (κ1) is 9.36. The predicted molar refractivity (Wildman–Crippen MR) is 35.2 cm³/mol. The number of alkyl halides is 1. The number of halogens is 1. The van der Waals surface area contributed by atoms with Crippen molar-refractivity contribution >= 4 is 5.97 Å². The zero-order valence-electron chi connectivity index (χ0n) is 5.97. The van der Waals surface area contributed by atoms with Crippen LogP contribution in [0.25, 0.3) is 0 Å². The minimum Gasteiger partial charge on any atom is -0.469 e. The second-order valence-corrected chi connectivity index (χ2v) is 2.04. The van der Waals surface area contributed by atoms with Gasteiger partial charge in [-0.3, -0.25) is 9.18 Å². The van der Waals surface area contributed by atoms with E-state index in [1.165, 1.54) is 7.11 Å². The Morgan fingerprint density at radius 2 is 2.40 bits per heavy atom. The maximum Gasteiger partial charge on any atom is 0.305 e. The molecule has 0 bridgehead atoms. The van der Waals surface area contributed by atoms with E-state index in [1.807, 2.05) is 0 Å². The van der Waals surface area contributed by atoms with Crippen LogP contribution in [-0.2, 0) is 9.53 Å². The average molecular weight is 149 g/mol. The van der Waals surface area contributed by atoms with Crippen LogP contribution in [0.5, 0.6) is 0 Å². The van der Waals surface area contributed by atoms with Gasteiger partial charge in [0.15, 0.2) is 0 Å². The standard InChI is InChI=1S/C6H12FNO2/c1-10-6(9)2-5(3-7)4-8/h5H,2-4,8H2,1H3. The first-order chi connectivity index (χ1) is 4.74. The van der Waals surface area contributed by atoms with Gasteiger partial charge in [-0.15, -0.1) is 0 Å². The van der Waals surface area contributed by atoms with Gasteiger partial charge < -0.3 is 10.5 Å². The molecule has 0 aliphatic carbocycles. The number of carbonyl (C=O) groups excluding carboxylic acids is 1. The smallest absolute Gasteiger partial charge is 0.305 e. The number of ether oxygens (including phenoxy) is 1. The number of esters is 1. The van der Waals surface area contributed by atoms with Crippen LogP contribution in [-0.4, -0.2) is 26.3 Å². The van der Waals surface area contributed by atoms with Crippen LogP contribution in [0, 0.1) is 5.92 Å². The molecule has 0 aliphatic rings. The summed E-state index contributed by atoms with van der Waals surface area (Å²) in [4.78, 5) is 10.5. The van der Waals surface area contributed by atoms with Crippen molar-refractivity contribution in [2.75, 3.05) is 20.3 Å². The molecule has 0 saturated carbocycles. The summed E-state index contributed by atoms with van der Waals surface area (Å²) in [5, 5.41) is 0. The lowest BCUT2D eigenvalue weighted by atomic mass is 10.1. The average Bonchev–Trinajstić information content (AvgIpc) is 1.99. The van der Waals surface area contributed by atoms with Gasteiger partial charge >= 0.3 is 5.97 Å². The fraction of sp³-hybridized carbons (Fsp3) is 0.833. The molecule has 0 fully saturated rings. The number of nitrogens with two attached hydrogens (primary N) is 1.